The van der Waals surface area contributed by atoms with E-state index in [0.29, 0.717) is 5.92 Å². The summed E-state index contributed by atoms with van der Waals surface area (Å²) in [4.78, 5) is 12.8. The first kappa shape index (κ1) is 21.2. The fourth-order valence-electron chi connectivity index (χ4n) is 4.50. The van der Waals surface area contributed by atoms with Crippen LogP contribution in [0.4, 0.5) is 5.82 Å². The van der Waals surface area contributed by atoms with E-state index in [2.05, 4.69) is 35.8 Å². The van der Waals surface area contributed by atoms with Crippen LogP contribution in [0, 0.1) is 19.8 Å². The number of aryl methyl sites for hydroxylation is 2. The Morgan fingerprint density at radius 2 is 1.91 bits per heavy atom. The number of aromatic nitrogens is 4. The second kappa shape index (κ2) is 8.67. The highest BCUT2D eigenvalue weighted by Gasteiger charge is 2.27. The Kier molecular flexibility index (Phi) is 5.56. The zero-order valence-electron chi connectivity index (χ0n) is 19.2. The number of rotatable bonds is 5. The van der Waals surface area contributed by atoms with Gasteiger partial charge < -0.3 is 10.6 Å². The van der Waals surface area contributed by atoms with Crippen LogP contribution >= 0.6 is 0 Å². The third-order valence-electron chi connectivity index (χ3n) is 6.13. The molecule has 7 heteroatoms. The van der Waals surface area contributed by atoms with Crippen molar-refractivity contribution in [1.82, 2.24) is 24.9 Å². The molecule has 1 aliphatic rings. The topological polar surface area (TPSA) is 76.8 Å². The van der Waals surface area contributed by atoms with Crippen molar-refractivity contribution in [2.75, 3.05) is 25.5 Å². The number of benzene rings is 2. The van der Waals surface area contributed by atoms with Crippen molar-refractivity contribution in [3.63, 3.8) is 0 Å². The van der Waals surface area contributed by atoms with Gasteiger partial charge in [0.25, 0.3) is 5.56 Å². The molecule has 0 saturated heterocycles. The predicted octanol–water partition coefficient (Wildman–Crippen LogP) is 3.64. The number of anilines is 1. The van der Waals surface area contributed by atoms with Crippen LogP contribution in [0.15, 0.2) is 65.5 Å². The Bertz CT molecular complexity index is 1370. The minimum absolute atomic E-state index is 0.159. The van der Waals surface area contributed by atoms with Crippen LogP contribution in [0.3, 0.4) is 0 Å². The summed E-state index contributed by atoms with van der Waals surface area (Å²) in [6, 6.07) is 19.5. The molecule has 0 amide bonds. The van der Waals surface area contributed by atoms with Crippen LogP contribution in [0.1, 0.15) is 11.1 Å². The molecule has 2 aromatic heterocycles. The molecule has 0 saturated carbocycles. The maximum absolute atomic E-state index is 12.8. The normalized spacial score (nSPS) is 15.2. The first-order valence-corrected chi connectivity index (χ1v) is 11.3. The van der Waals surface area contributed by atoms with Crippen molar-refractivity contribution < 1.29 is 0 Å². The molecule has 0 fully saturated rings. The van der Waals surface area contributed by atoms with Crippen molar-refractivity contribution in [2.24, 2.45) is 5.92 Å². The molecular formula is C26H28N6O. The molecule has 1 unspecified atom stereocenters. The number of hydrogen-bond donors (Lipinski definition) is 2. The molecular weight excluding hydrogens is 412 g/mol. The highest BCUT2D eigenvalue weighted by Crippen LogP contribution is 2.38. The zero-order chi connectivity index (χ0) is 22.9. The summed E-state index contributed by atoms with van der Waals surface area (Å²) < 4.78 is 3.53. The summed E-state index contributed by atoms with van der Waals surface area (Å²) in [5.41, 5.74) is 6.33. The van der Waals surface area contributed by atoms with E-state index in [-0.39, 0.29) is 5.56 Å². The molecule has 1 atom stereocenters. The Morgan fingerprint density at radius 1 is 1.06 bits per heavy atom. The second-order valence-electron chi connectivity index (χ2n) is 8.68. The Balaban J connectivity index is 1.70. The Labute approximate surface area is 193 Å². The molecule has 33 heavy (non-hydrogen) atoms. The van der Waals surface area contributed by atoms with Gasteiger partial charge in [0.1, 0.15) is 11.5 Å². The number of para-hydroxylation sites is 1. The van der Waals surface area contributed by atoms with Gasteiger partial charge in [-0.15, -0.1) is 0 Å². The van der Waals surface area contributed by atoms with E-state index >= 15 is 0 Å². The van der Waals surface area contributed by atoms with Crippen LogP contribution in [-0.4, -0.2) is 39.7 Å². The average molecular weight is 441 g/mol. The lowest BCUT2D eigenvalue weighted by Gasteiger charge is -2.25. The lowest BCUT2D eigenvalue weighted by atomic mass is 10.0. The van der Waals surface area contributed by atoms with Crippen LogP contribution in [0.5, 0.6) is 0 Å². The van der Waals surface area contributed by atoms with Crippen molar-refractivity contribution >= 4 is 5.82 Å². The van der Waals surface area contributed by atoms with Gasteiger partial charge in [-0.1, -0.05) is 42.0 Å². The van der Waals surface area contributed by atoms with Gasteiger partial charge in [-0.2, -0.15) is 14.9 Å². The minimum atomic E-state index is -0.159. The predicted molar refractivity (Wildman–Crippen MR) is 132 cm³/mol. The van der Waals surface area contributed by atoms with E-state index in [1.54, 1.807) is 12.1 Å². The third kappa shape index (κ3) is 3.96. The fourth-order valence-corrected chi connectivity index (χ4v) is 4.50. The summed E-state index contributed by atoms with van der Waals surface area (Å²) in [5, 5.41) is 16.7. The van der Waals surface area contributed by atoms with Gasteiger partial charge in [-0.3, -0.25) is 4.79 Å². The van der Waals surface area contributed by atoms with E-state index in [9.17, 15) is 4.79 Å². The molecule has 0 bridgehead atoms. The molecule has 4 aromatic rings. The first-order valence-electron chi connectivity index (χ1n) is 11.3. The lowest BCUT2D eigenvalue weighted by molar-refractivity contribution is 0.403. The molecule has 2 aromatic carbocycles. The van der Waals surface area contributed by atoms with Gasteiger partial charge >= 0.3 is 0 Å². The Morgan fingerprint density at radius 3 is 2.70 bits per heavy atom. The maximum atomic E-state index is 12.8. The molecule has 0 spiro atoms. The van der Waals surface area contributed by atoms with E-state index < -0.39 is 0 Å². The number of nitrogens with one attached hydrogen (secondary N) is 2. The van der Waals surface area contributed by atoms with Crippen molar-refractivity contribution in [3.8, 4) is 28.2 Å². The monoisotopic (exact) mass is 440 g/mol. The molecule has 3 heterocycles. The smallest absolute Gasteiger partial charge is 0.271 e. The van der Waals surface area contributed by atoms with Gasteiger partial charge in [-0.05, 0) is 44.7 Å². The van der Waals surface area contributed by atoms with Gasteiger partial charge in [0.15, 0.2) is 0 Å². The summed E-state index contributed by atoms with van der Waals surface area (Å²) >= 11 is 0. The third-order valence-corrected chi connectivity index (χ3v) is 6.13. The zero-order valence-corrected chi connectivity index (χ0v) is 19.2. The van der Waals surface area contributed by atoms with E-state index in [1.165, 1.54) is 10.2 Å². The maximum Gasteiger partial charge on any atom is 0.271 e. The molecule has 168 valence electrons. The first-order chi connectivity index (χ1) is 16.0. The quantitative estimate of drug-likeness (QED) is 0.496. The van der Waals surface area contributed by atoms with E-state index in [1.807, 2.05) is 49.0 Å². The molecule has 0 aliphatic carbocycles. The SMILES string of the molecule is CNCC1CNc2c(-c3ccc(=O)n(-c4ccccc4C)n3)c(-c3cccc(C)c3)nn2C1. The molecule has 0 radical (unpaired) electrons. The second-order valence-corrected chi connectivity index (χ2v) is 8.68. The summed E-state index contributed by atoms with van der Waals surface area (Å²) in [5.74, 6) is 1.39. The van der Waals surface area contributed by atoms with Gasteiger partial charge in [0, 0.05) is 37.2 Å². The fraction of sp³-hybridized carbons (Fsp3) is 0.269. The summed E-state index contributed by atoms with van der Waals surface area (Å²) in [6.07, 6.45) is 0. The summed E-state index contributed by atoms with van der Waals surface area (Å²) in [6.45, 7) is 6.65. The Hall–Kier alpha value is -3.71. The highest BCUT2D eigenvalue weighted by atomic mass is 16.1. The van der Waals surface area contributed by atoms with E-state index in [0.717, 1.165) is 59.2 Å². The number of fused-ring (bicyclic) bond motifs is 1. The van der Waals surface area contributed by atoms with Crippen molar-refractivity contribution in [3.05, 3.63) is 82.1 Å². The van der Waals surface area contributed by atoms with Crippen LogP contribution in [0.25, 0.3) is 28.2 Å². The van der Waals surface area contributed by atoms with E-state index in [4.69, 9.17) is 10.2 Å². The molecule has 7 nitrogen and oxygen atoms in total. The number of nitrogens with zero attached hydrogens (tertiary/aromatic N) is 4. The summed E-state index contributed by atoms with van der Waals surface area (Å²) in [7, 11) is 1.97. The lowest BCUT2D eigenvalue weighted by Crippen LogP contribution is -2.34. The largest absolute Gasteiger partial charge is 0.369 e. The average Bonchev–Trinajstić information content (AvgIpc) is 3.19. The van der Waals surface area contributed by atoms with Gasteiger partial charge in [0.05, 0.1) is 16.9 Å². The molecule has 5 rings (SSSR count). The van der Waals surface area contributed by atoms with Crippen molar-refractivity contribution in [2.45, 2.75) is 20.4 Å². The van der Waals surface area contributed by atoms with Gasteiger partial charge in [0.2, 0.25) is 0 Å². The van der Waals surface area contributed by atoms with Gasteiger partial charge in [-0.25, -0.2) is 4.68 Å². The van der Waals surface area contributed by atoms with Crippen LogP contribution in [-0.2, 0) is 6.54 Å². The highest BCUT2D eigenvalue weighted by molar-refractivity contribution is 5.87. The van der Waals surface area contributed by atoms with Crippen LogP contribution in [0.2, 0.25) is 0 Å². The standard InChI is InChI=1S/C26H28N6O/c1-17-7-6-9-20(13-17)25-24(26-28-15-19(14-27-3)16-31(26)30-25)21-11-12-23(33)32(29-21)22-10-5-4-8-18(22)2/h4-13,19,27-28H,14-16H2,1-3H3. The molecule has 1 aliphatic heterocycles. The molecule has 2 N–H and O–H groups in total. The van der Waals surface area contributed by atoms with Crippen LogP contribution < -0.4 is 16.2 Å². The van der Waals surface area contributed by atoms with Crippen molar-refractivity contribution in [1.29, 1.82) is 0 Å². The number of hydrogen-bond acceptors (Lipinski definition) is 5. The minimum Gasteiger partial charge on any atom is -0.369 e.